The molecule has 2 unspecified atom stereocenters. The molecule has 5 nitrogen and oxygen atoms in total. The number of hydrogen-bond donors (Lipinski definition) is 2. The van der Waals surface area contributed by atoms with Crippen molar-refractivity contribution in [2.75, 3.05) is 5.32 Å². The lowest BCUT2D eigenvalue weighted by Crippen LogP contribution is -2.37. The molecule has 0 saturated heterocycles. The summed E-state index contributed by atoms with van der Waals surface area (Å²) < 4.78 is 1.84. The average Bonchev–Trinajstić information content (AvgIpc) is 3.01. The molecular formula is C20H25N3O2. The van der Waals surface area contributed by atoms with Gasteiger partial charge in [-0.2, -0.15) is 5.10 Å². The van der Waals surface area contributed by atoms with E-state index in [0.717, 1.165) is 31.4 Å². The fourth-order valence-corrected chi connectivity index (χ4v) is 4.56. The molecular weight excluding hydrogens is 314 g/mol. The number of anilines is 1. The Hall–Kier alpha value is -2.14. The van der Waals surface area contributed by atoms with E-state index in [1.54, 1.807) is 6.20 Å². The zero-order chi connectivity index (χ0) is 17.2. The van der Waals surface area contributed by atoms with Gasteiger partial charge in [0.05, 0.1) is 24.5 Å². The summed E-state index contributed by atoms with van der Waals surface area (Å²) in [5.74, 6) is 1.16. The largest absolute Gasteiger partial charge is 0.393 e. The van der Waals surface area contributed by atoms with Gasteiger partial charge < -0.3 is 10.4 Å². The second-order valence-corrected chi connectivity index (χ2v) is 7.66. The molecule has 25 heavy (non-hydrogen) atoms. The van der Waals surface area contributed by atoms with Gasteiger partial charge in [0.15, 0.2) is 0 Å². The van der Waals surface area contributed by atoms with Crippen molar-refractivity contribution in [3.63, 3.8) is 0 Å². The number of amides is 1. The number of aromatic nitrogens is 2. The van der Waals surface area contributed by atoms with Gasteiger partial charge in [-0.05, 0) is 49.5 Å². The first-order valence-corrected chi connectivity index (χ1v) is 9.21. The number of carbonyl (C=O) groups excluding carboxylic acids is 1. The molecule has 4 rings (SSSR count). The summed E-state index contributed by atoms with van der Waals surface area (Å²) in [7, 11) is 0. The van der Waals surface area contributed by atoms with Gasteiger partial charge in [0.1, 0.15) is 0 Å². The first-order chi connectivity index (χ1) is 12.2. The van der Waals surface area contributed by atoms with Gasteiger partial charge in [-0.1, -0.05) is 30.3 Å². The van der Waals surface area contributed by atoms with Crippen LogP contribution >= 0.6 is 0 Å². The fraction of sp³-hybridized carbons (Fsp3) is 0.500. The van der Waals surface area contributed by atoms with Crippen molar-refractivity contribution in [1.82, 2.24) is 9.78 Å². The standard InChI is InChI=1S/C20H25N3O2/c24-19-9-15-6-16(10-19)8-17(7-15)20(25)22-18-11-21-23(13-18)12-14-4-2-1-3-5-14/h1-5,11,13,15-17,19,24H,6-10,12H2,(H,22,25). The summed E-state index contributed by atoms with van der Waals surface area (Å²) in [4.78, 5) is 12.6. The van der Waals surface area contributed by atoms with Crippen LogP contribution < -0.4 is 5.32 Å². The Bertz CT molecular complexity index is 710. The fourth-order valence-electron chi connectivity index (χ4n) is 4.56. The van der Waals surface area contributed by atoms with Crippen LogP contribution in [0.4, 0.5) is 5.69 Å². The lowest BCUT2D eigenvalue weighted by Gasteiger charge is -2.40. The maximum atomic E-state index is 12.6. The molecule has 2 saturated carbocycles. The van der Waals surface area contributed by atoms with Crippen LogP contribution in [0.3, 0.4) is 0 Å². The summed E-state index contributed by atoms with van der Waals surface area (Å²) in [5.41, 5.74) is 1.94. The van der Waals surface area contributed by atoms with Gasteiger partial charge in [-0.25, -0.2) is 0 Å². The van der Waals surface area contributed by atoms with Gasteiger partial charge in [0.2, 0.25) is 5.91 Å². The molecule has 1 aromatic carbocycles. The molecule has 2 aliphatic carbocycles. The highest BCUT2D eigenvalue weighted by molar-refractivity contribution is 5.92. The van der Waals surface area contributed by atoms with E-state index in [2.05, 4.69) is 22.5 Å². The highest BCUT2D eigenvalue weighted by atomic mass is 16.3. The summed E-state index contributed by atoms with van der Waals surface area (Å²) in [6.07, 6.45) is 8.13. The van der Waals surface area contributed by atoms with Crippen LogP contribution in [0.1, 0.15) is 37.7 Å². The number of aliphatic hydroxyl groups excluding tert-OH is 1. The van der Waals surface area contributed by atoms with Crippen LogP contribution in [0.5, 0.6) is 0 Å². The predicted octanol–water partition coefficient (Wildman–Crippen LogP) is 3.06. The number of carbonyl (C=O) groups is 1. The Morgan fingerprint density at radius 2 is 1.84 bits per heavy atom. The minimum Gasteiger partial charge on any atom is -0.393 e. The normalized spacial score (nSPS) is 28.5. The summed E-state index contributed by atoms with van der Waals surface area (Å²) in [6, 6.07) is 10.2. The molecule has 2 bridgehead atoms. The number of nitrogens with one attached hydrogen (secondary N) is 1. The van der Waals surface area contributed by atoms with Crippen molar-refractivity contribution >= 4 is 11.6 Å². The maximum Gasteiger partial charge on any atom is 0.227 e. The van der Waals surface area contributed by atoms with Gasteiger partial charge >= 0.3 is 0 Å². The van der Waals surface area contributed by atoms with E-state index in [0.29, 0.717) is 18.4 Å². The number of nitrogens with zero attached hydrogens (tertiary/aromatic N) is 2. The molecule has 2 fully saturated rings. The predicted molar refractivity (Wildman–Crippen MR) is 96.0 cm³/mol. The summed E-state index contributed by atoms with van der Waals surface area (Å²) in [5, 5.41) is 17.3. The van der Waals surface area contributed by atoms with E-state index in [4.69, 9.17) is 0 Å². The Balaban J connectivity index is 1.35. The van der Waals surface area contributed by atoms with Crippen LogP contribution in [-0.4, -0.2) is 26.9 Å². The van der Waals surface area contributed by atoms with Crippen LogP contribution in [0.15, 0.2) is 42.7 Å². The summed E-state index contributed by atoms with van der Waals surface area (Å²) in [6.45, 7) is 0.697. The molecule has 5 heteroatoms. The molecule has 2 aromatic rings. The van der Waals surface area contributed by atoms with E-state index < -0.39 is 0 Å². The highest BCUT2D eigenvalue weighted by Gasteiger charge is 2.38. The third-order valence-electron chi connectivity index (χ3n) is 5.57. The average molecular weight is 339 g/mol. The second-order valence-electron chi connectivity index (χ2n) is 7.66. The van der Waals surface area contributed by atoms with Crippen molar-refractivity contribution in [2.24, 2.45) is 17.8 Å². The molecule has 0 spiro atoms. The van der Waals surface area contributed by atoms with Crippen molar-refractivity contribution in [2.45, 2.75) is 44.8 Å². The molecule has 132 valence electrons. The topological polar surface area (TPSA) is 67.2 Å². The third-order valence-corrected chi connectivity index (χ3v) is 5.57. The first-order valence-electron chi connectivity index (χ1n) is 9.21. The molecule has 2 N–H and O–H groups in total. The molecule has 1 heterocycles. The molecule has 2 atom stereocenters. The Kier molecular flexibility index (Phi) is 4.57. The molecule has 1 aromatic heterocycles. The first kappa shape index (κ1) is 16.3. The van der Waals surface area contributed by atoms with Crippen molar-refractivity contribution in [1.29, 1.82) is 0 Å². The number of hydrogen-bond acceptors (Lipinski definition) is 3. The molecule has 2 aliphatic rings. The maximum absolute atomic E-state index is 12.6. The molecule has 0 radical (unpaired) electrons. The lowest BCUT2D eigenvalue weighted by atomic mass is 9.67. The highest BCUT2D eigenvalue weighted by Crippen LogP contribution is 2.42. The number of fused-ring (bicyclic) bond motifs is 2. The molecule has 1 amide bonds. The zero-order valence-electron chi connectivity index (χ0n) is 14.3. The van der Waals surface area contributed by atoms with E-state index in [9.17, 15) is 9.90 Å². The van der Waals surface area contributed by atoms with Crippen LogP contribution in [0.2, 0.25) is 0 Å². The third kappa shape index (κ3) is 3.93. The minimum absolute atomic E-state index is 0.0636. The smallest absolute Gasteiger partial charge is 0.227 e. The lowest BCUT2D eigenvalue weighted by molar-refractivity contribution is -0.123. The van der Waals surface area contributed by atoms with Crippen molar-refractivity contribution in [3.8, 4) is 0 Å². The Morgan fingerprint density at radius 1 is 1.12 bits per heavy atom. The van der Waals surface area contributed by atoms with Gasteiger partial charge in [-0.15, -0.1) is 0 Å². The Morgan fingerprint density at radius 3 is 2.56 bits per heavy atom. The van der Waals surface area contributed by atoms with Crippen molar-refractivity contribution < 1.29 is 9.90 Å². The second kappa shape index (κ2) is 7.00. The van der Waals surface area contributed by atoms with Crippen LogP contribution in [-0.2, 0) is 11.3 Å². The monoisotopic (exact) mass is 339 g/mol. The van der Waals surface area contributed by atoms with Gasteiger partial charge in [0, 0.05) is 12.1 Å². The number of aliphatic hydroxyl groups is 1. The Labute approximate surface area is 148 Å². The summed E-state index contributed by atoms with van der Waals surface area (Å²) >= 11 is 0. The van der Waals surface area contributed by atoms with Crippen molar-refractivity contribution in [3.05, 3.63) is 48.3 Å². The quantitative estimate of drug-likeness (QED) is 0.900. The minimum atomic E-state index is -0.163. The van der Waals surface area contributed by atoms with E-state index in [1.807, 2.05) is 29.1 Å². The van der Waals surface area contributed by atoms with E-state index in [-0.39, 0.29) is 17.9 Å². The van der Waals surface area contributed by atoms with E-state index in [1.165, 1.54) is 12.0 Å². The molecule has 0 aliphatic heterocycles. The number of benzene rings is 1. The zero-order valence-corrected chi connectivity index (χ0v) is 14.3. The number of rotatable bonds is 4. The SMILES string of the molecule is O=C(Nc1cnn(Cc2ccccc2)c1)C1CC2CC(O)CC(C2)C1. The van der Waals surface area contributed by atoms with Crippen LogP contribution in [0, 0.1) is 17.8 Å². The van der Waals surface area contributed by atoms with Crippen LogP contribution in [0.25, 0.3) is 0 Å². The van der Waals surface area contributed by atoms with Gasteiger partial charge in [-0.3, -0.25) is 9.48 Å². The van der Waals surface area contributed by atoms with Gasteiger partial charge in [0.25, 0.3) is 0 Å². The van der Waals surface area contributed by atoms with E-state index >= 15 is 0 Å².